The summed E-state index contributed by atoms with van der Waals surface area (Å²) < 4.78 is 45.3. The van der Waals surface area contributed by atoms with Gasteiger partial charge in [-0.25, -0.2) is 8.42 Å². The van der Waals surface area contributed by atoms with Crippen molar-refractivity contribution < 1.29 is 32.2 Å². The second kappa shape index (κ2) is 15.3. The number of anilines is 1. The molecule has 3 rings (SSSR count). The number of methoxy groups -OCH3 is 3. The molecule has 0 spiro atoms. The zero-order valence-electron chi connectivity index (χ0n) is 25.6. The van der Waals surface area contributed by atoms with Crippen LogP contribution in [0.25, 0.3) is 0 Å². The summed E-state index contributed by atoms with van der Waals surface area (Å²) in [4.78, 5) is 29.0. The van der Waals surface area contributed by atoms with Gasteiger partial charge in [0, 0.05) is 18.7 Å². The lowest BCUT2D eigenvalue weighted by Gasteiger charge is -2.33. The highest BCUT2D eigenvalue weighted by molar-refractivity contribution is 7.92. The third-order valence-corrected chi connectivity index (χ3v) is 8.91. The average Bonchev–Trinajstić information content (AvgIpc) is 3.03. The zero-order chi connectivity index (χ0) is 31.6. The smallest absolute Gasteiger partial charge is 0.264 e. The Hall–Kier alpha value is -4.25. The Kier molecular flexibility index (Phi) is 11.8. The average molecular weight is 612 g/mol. The van der Waals surface area contributed by atoms with Gasteiger partial charge in [-0.2, -0.15) is 0 Å². The molecule has 3 aromatic rings. The van der Waals surface area contributed by atoms with E-state index < -0.39 is 28.5 Å². The van der Waals surface area contributed by atoms with Crippen LogP contribution in [0.2, 0.25) is 0 Å². The predicted octanol–water partition coefficient (Wildman–Crippen LogP) is 4.63. The van der Waals surface area contributed by atoms with E-state index in [0.717, 1.165) is 16.3 Å². The van der Waals surface area contributed by atoms with Gasteiger partial charge in [-0.1, -0.05) is 44.2 Å². The van der Waals surface area contributed by atoms with Crippen molar-refractivity contribution in [3.8, 4) is 17.2 Å². The van der Waals surface area contributed by atoms with Crippen molar-refractivity contribution in [2.24, 2.45) is 0 Å². The Morgan fingerprint density at radius 2 is 1.53 bits per heavy atom. The summed E-state index contributed by atoms with van der Waals surface area (Å²) in [5.41, 5.74) is 1.03. The van der Waals surface area contributed by atoms with Crippen LogP contribution < -0.4 is 23.8 Å². The monoisotopic (exact) mass is 611 g/mol. The Morgan fingerprint density at radius 3 is 2.14 bits per heavy atom. The molecule has 0 fully saturated rings. The van der Waals surface area contributed by atoms with Crippen LogP contribution >= 0.6 is 0 Å². The first kappa shape index (κ1) is 33.3. The second-order valence-corrected chi connectivity index (χ2v) is 11.8. The number of carbonyl (C=O) groups is 2. The number of hydrogen-bond donors (Lipinski definition) is 1. The summed E-state index contributed by atoms with van der Waals surface area (Å²) >= 11 is 0. The van der Waals surface area contributed by atoms with Crippen LogP contribution in [0.5, 0.6) is 17.2 Å². The van der Waals surface area contributed by atoms with Crippen LogP contribution in [-0.4, -0.2) is 65.1 Å². The van der Waals surface area contributed by atoms with Gasteiger partial charge >= 0.3 is 0 Å². The first-order chi connectivity index (χ1) is 20.6. The number of amides is 2. The maximum atomic E-state index is 14.2. The van der Waals surface area contributed by atoms with Crippen molar-refractivity contribution >= 4 is 27.5 Å². The number of carbonyl (C=O) groups excluding carboxylic acids is 2. The van der Waals surface area contributed by atoms with Crippen LogP contribution in [0.4, 0.5) is 5.69 Å². The zero-order valence-corrected chi connectivity index (χ0v) is 26.4. The maximum Gasteiger partial charge on any atom is 0.264 e. The summed E-state index contributed by atoms with van der Waals surface area (Å²) in [7, 11) is 0.152. The SMILES string of the molecule is CC[C@@H](C)NC(=O)[C@H](CC)N(Cc1cccc(OC)c1)C(=O)CN(c1ccccc1)S(=O)(=O)c1ccc(OC)c(OC)c1. The highest BCUT2D eigenvalue weighted by atomic mass is 32.2. The molecule has 3 aromatic carbocycles. The van der Waals surface area contributed by atoms with Gasteiger partial charge in [-0.15, -0.1) is 0 Å². The van der Waals surface area contributed by atoms with Gasteiger partial charge in [0.25, 0.3) is 10.0 Å². The number of benzene rings is 3. The first-order valence-electron chi connectivity index (χ1n) is 14.1. The fraction of sp³-hybridized carbons (Fsp3) is 0.375. The van der Waals surface area contributed by atoms with Crippen LogP contribution in [0.1, 0.15) is 39.2 Å². The number of rotatable bonds is 15. The quantitative estimate of drug-likeness (QED) is 0.267. The maximum absolute atomic E-state index is 14.2. The minimum Gasteiger partial charge on any atom is -0.497 e. The minimum atomic E-state index is -4.27. The molecule has 0 aliphatic heterocycles. The highest BCUT2D eigenvalue weighted by Crippen LogP contribution is 2.32. The predicted molar refractivity (Wildman–Crippen MR) is 166 cm³/mol. The molecule has 0 heterocycles. The Bertz CT molecular complexity index is 1480. The number of nitrogens with zero attached hydrogens (tertiary/aromatic N) is 2. The van der Waals surface area contributed by atoms with E-state index in [-0.39, 0.29) is 29.1 Å². The van der Waals surface area contributed by atoms with Gasteiger partial charge in [-0.05, 0) is 61.7 Å². The van der Waals surface area contributed by atoms with Crippen molar-refractivity contribution in [2.45, 2.75) is 57.1 Å². The lowest BCUT2D eigenvalue weighted by Crippen LogP contribution is -2.53. The first-order valence-corrected chi connectivity index (χ1v) is 15.6. The molecule has 0 radical (unpaired) electrons. The molecule has 0 aliphatic carbocycles. The van der Waals surface area contributed by atoms with E-state index >= 15 is 0 Å². The molecule has 1 N–H and O–H groups in total. The Morgan fingerprint density at radius 1 is 0.837 bits per heavy atom. The van der Waals surface area contributed by atoms with Crippen molar-refractivity contribution in [1.29, 1.82) is 0 Å². The summed E-state index contributed by atoms with van der Waals surface area (Å²) in [5, 5.41) is 2.97. The number of ether oxygens (including phenoxy) is 3. The molecular weight excluding hydrogens is 570 g/mol. The molecule has 2 atom stereocenters. The second-order valence-electron chi connectivity index (χ2n) is 9.98. The molecule has 0 saturated heterocycles. The largest absolute Gasteiger partial charge is 0.497 e. The number of sulfonamides is 1. The van der Waals surface area contributed by atoms with Crippen LogP contribution in [0.3, 0.4) is 0 Å². The van der Waals surface area contributed by atoms with E-state index in [9.17, 15) is 18.0 Å². The molecule has 0 aliphatic rings. The molecule has 10 nitrogen and oxygen atoms in total. The van der Waals surface area contributed by atoms with Gasteiger partial charge in [-0.3, -0.25) is 13.9 Å². The molecule has 2 amide bonds. The van der Waals surface area contributed by atoms with E-state index in [1.54, 1.807) is 55.6 Å². The van der Waals surface area contributed by atoms with Crippen molar-refractivity contribution in [3.05, 3.63) is 78.4 Å². The molecular formula is C32H41N3O7S. The van der Waals surface area contributed by atoms with Crippen molar-refractivity contribution in [1.82, 2.24) is 10.2 Å². The number of hydrogen-bond acceptors (Lipinski definition) is 7. The topological polar surface area (TPSA) is 114 Å². The molecule has 0 saturated carbocycles. The third-order valence-electron chi connectivity index (χ3n) is 7.14. The Balaban J connectivity index is 2.08. The lowest BCUT2D eigenvalue weighted by atomic mass is 10.1. The normalized spacial score (nSPS) is 12.5. The minimum absolute atomic E-state index is 0.0709. The summed E-state index contributed by atoms with van der Waals surface area (Å²) in [5.74, 6) is 0.356. The van der Waals surface area contributed by atoms with E-state index in [0.29, 0.717) is 23.6 Å². The number of para-hydroxylation sites is 1. The summed E-state index contributed by atoms with van der Waals surface area (Å²) in [6.07, 6.45) is 1.04. The molecule has 43 heavy (non-hydrogen) atoms. The van der Waals surface area contributed by atoms with Gasteiger partial charge in [0.2, 0.25) is 11.8 Å². The fourth-order valence-corrected chi connectivity index (χ4v) is 5.99. The van der Waals surface area contributed by atoms with Crippen molar-refractivity contribution in [2.75, 3.05) is 32.2 Å². The number of nitrogens with one attached hydrogen (secondary N) is 1. The van der Waals surface area contributed by atoms with E-state index in [2.05, 4.69) is 5.32 Å². The summed E-state index contributed by atoms with van der Waals surface area (Å²) in [6.45, 7) is 5.20. The highest BCUT2D eigenvalue weighted by Gasteiger charge is 2.34. The van der Waals surface area contributed by atoms with E-state index in [1.165, 1.54) is 37.3 Å². The molecule has 0 aromatic heterocycles. The van der Waals surface area contributed by atoms with Crippen molar-refractivity contribution in [3.63, 3.8) is 0 Å². The van der Waals surface area contributed by atoms with Crippen LogP contribution in [-0.2, 0) is 26.2 Å². The van der Waals surface area contributed by atoms with Gasteiger partial charge in [0.1, 0.15) is 18.3 Å². The summed E-state index contributed by atoms with van der Waals surface area (Å²) in [6, 6.07) is 18.9. The van der Waals surface area contributed by atoms with Crippen LogP contribution in [0, 0.1) is 0 Å². The van der Waals surface area contributed by atoms with Gasteiger partial charge in [0.05, 0.1) is 31.9 Å². The molecule has 11 heteroatoms. The fourth-order valence-electron chi connectivity index (χ4n) is 4.56. The standard InChI is InChI=1S/C32H41N3O7S/c1-7-23(3)33-32(37)28(8-2)34(21-24-13-12-16-26(19-24)40-4)31(36)22-35(25-14-10-9-11-15-25)43(38,39)27-17-18-29(41-5)30(20-27)42-6/h9-20,23,28H,7-8,21-22H2,1-6H3,(H,33,37)/t23-,28+/m1/s1. The van der Waals surface area contributed by atoms with E-state index in [1.807, 2.05) is 26.8 Å². The molecule has 232 valence electrons. The molecule has 0 bridgehead atoms. The van der Waals surface area contributed by atoms with E-state index in [4.69, 9.17) is 14.2 Å². The van der Waals surface area contributed by atoms with Gasteiger partial charge < -0.3 is 24.4 Å². The lowest BCUT2D eigenvalue weighted by molar-refractivity contribution is -0.140. The Labute approximate surface area is 254 Å². The molecule has 0 unspecified atom stereocenters. The third kappa shape index (κ3) is 8.19. The van der Waals surface area contributed by atoms with Gasteiger partial charge in [0.15, 0.2) is 11.5 Å². The van der Waals surface area contributed by atoms with Crippen LogP contribution in [0.15, 0.2) is 77.7 Å².